The minimum Gasteiger partial charge on any atom is -0.496 e. The zero-order valence-corrected chi connectivity index (χ0v) is 14.2. The molecular formula is C17H18F3N3O3. The van der Waals surface area contributed by atoms with Gasteiger partial charge in [0.25, 0.3) is 5.56 Å². The summed E-state index contributed by atoms with van der Waals surface area (Å²) in [6.07, 6.45) is -4.57. The van der Waals surface area contributed by atoms with Crippen molar-refractivity contribution < 1.29 is 22.7 Å². The number of rotatable bonds is 5. The van der Waals surface area contributed by atoms with E-state index in [9.17, 15) is 22.8 Å². The Kier molecular flexibility index (Phi) is 5.91. The van der Waals surface area contributed by atoms with Crippen LogP contribution in [0.5, 0.6) is 5.75 Å². The molecule has 1 heterocycles. The highest BCUT2D eigenvalue weighted by Gasteiger charge is 2.33. The van der Waals surface area contributed by atoms with E-state index < -0.39 is 17.8 Å². The van der Waals surface area contributed by atoms with Crippen molar-refractivity contribution in [3.63, 3.8) is 0 Å². The van der Waals surface area contributed by atoms with Gasteiger partial charge in [0, 0.05) is 24.8 Å². The molecule has 0 saturated heterocycles. The van der Waals surface area contributed by atoms with Gasteiger partial charge < -0.3 is 19.9 Å². The molecule has 2 aromatic rings. The van der Waals surface area contributed by atoms with E-state index in [2.05, 4.69) is 10.6 Å². The standard InChI is InChI=1S/C17H18F3N3O3/c1-11-9-12(26-2)10-15(24)23(11)8-7-21-16(25)22-14-6-4-3-5-13(14)17(18,19)20/h3-6,9-10H,7-8H2,1-2H3,(H2,21,22,25). The Labute approximate surface area is 147 Å². The molecule has 2 N–H and O–H groups in total. The minimum atomic E-state index is -4.57. The predicted molar refractivity (Wildman–Crippen MR) is 90.5 cm³/mol. The number of carbonyl (C=O) groups is 1. The van der Waals surface area contributed by atoms with Crippen molar-refractivity contribution in [2.45, 2.75) is 19.6 Å². The van der Waals surface area contributed by atoms with Crippen LogP contribution in [-0.4, -0.2) is 24.3 Å². The number of halogens is 3. The second kappa shape index (κ2) is 7.94. The summed E-state index contributed by atoms with van der Waals surface area (Å²) in [6, 6.07) is 6.88. The number of amides is 2. The number of anilines is 1. The maximum atomic E-state index is 12.9. The molecule has 0 saturated carbocycles. The topological polar surface area (TPSA) is 72.4 Å². The molecule has 140 valence electrons. The van der Waals surface area contributed by atoms with Gasteiger partial charge in [0.15, 0.2) is 0 Å². The van der Waals surface area contributed by atoms with E-state index in [4.69, 9.17) is 4.74 Å². The van der Waals surface area contributed by atoms with Gasteiger partial charge in [0.1, 0.15) is 5.75 Å². The highest BCUT2D eigenvalue weighted by atomic mass is 19.4. The number of aromatic nitrogens is 1. The van der Waals surface area contributed by atoms with Gasteiger partial charge >= 0.3 is 12.2 Å². The molecule has 1 aromatic carbocycles. The number of pyridine rings is 1. The first-order valence-electron chi connectivity index (χ1n) is 7.69. The van der Waals surface area contributed by atoms with Crippen molar-refractivity contribution in [1.82, 2.24) is 9.88 Å². The first-order chi connectivity index (χ1) is 12.2. The van der Waals surface area contributed by atoms with E-state index in [1.165, 1.54) is 35.9 Å². The van der Waals surface area contributed by atoms with Gasteiger partial charge in [-0.05, 0) is 25.1 Å². The van der Waals surface area contributed by atoms with Crippen LogP contribution < -0.4 is 20.9 Å². The number of hydrogen-bond acceptors (Lipinski definition) is 3. The maximum Gasteiger partial charge on any atom is 0.418 e. The molecule has 0 spiro atoms. The van der Waals surface area contributed by atoms with Crippen molar-refractivity contribution in [3.05, 3.63) is 58.0 Å². The number of para-hydroxylation sites is 1. The van der Waals surface area contributed by atoms with E-state index in [0.717, 1.165) is 6.07 Å². The van der Waals surface area contributed by atoms with Crippen LogP contribution in [0.1, 0.15) is 11.3 Å². The molecule has 0 aliphatic heterocycles. The van der Waals surface area contributed by atoms with Gasteiger partial charge in [-0.3, -0.25) is 4.79 Å². The van der Waals surface area contributed by atoms with Crippen LogP contribution in [0.2, 0.25) is 0 Å². The SMILES string of the molecule is COc1cc(C)n(CCNC(=O)Nc2ccccc2C(F)(F)F)c(=O)c1. The number of nitrogens with zero attached hydrogens (tertiary/aromatic N) is 1. The highest BCUT2D eigenvalue weighted by Crippen LogP contribution is 2.34. The Bertz CT molecular complexity index is 847. The van der Waals surface area contributed by atoms with E-state index in [-0.39, 0.29) is 24.3 Å². The number of ether oxygens (including phenoxy) is 1. The quantitative estimate of drug-likeness (QED) is 0.851. The highest BCUT2D eigenvalue weighted by molar-refractivity contribution is 5.90. The lowest BCUT2D eigenvalue weighted by Gasteiger charge is -2.15. The number of alkyl halides is 3. The lowest BCUT2D eigenvalue weighted by atomic mass is 10.1. The lowest BCUT2D eigenvalue weighted by Crippen LogP contribution is -2.34. The smallest absolute Gasteiger partial charge is 0.418 e. The number of hydrogen-bond donors (Lipinski definition) is 2. The minimum absolute atomic E-state index is 0.0626. The summed E-state index contributed by atoms with van der Waals surface area (Å²) in [5.74, 6) is 0.429. The molecule has 0 atom stereocenters. The van der Waals surface area contributed by atoms with Crippen LogP contribution >= 0.6 is 0 Å². The molecule has 0 aliphatic rings. The second-order valence-corrected chi connectivity index (χ2v) is 5.45. The molecule has 0 fully saturated rings. The van der Waals surface area contributed by atoms with Crippen molar-refractivity contribution in [1.29, 1.82) is 0 Å². The van der Waals surface area contributed by atoms with Crippen LogP contribution in [0.15, 0.2) is 41.2 Å². The van der Waals surface area contributed by atoms with Crippen molar-refractivity contribution >= 4 is 11.7 Å². The number of nitrogens with one attached hydrogen (secondary N) is 2. The van der Waals surface area contributed by atoms with E-state index in [1.54, 1.807) is 13.0 Å². The molecule has 2 amide bonds. The monoisotopic (exact) mass is 369 g/mol. The molecule has 6 nitrogen and oxygen atoms in total. The number of benzene rings is 1. The maximum absolute atomic E-state index is 12.9. The molecule has 26 heavy (non-hydrogen) atoms. The zero-order chi connectivity index (χ0) is 19.3. The van der Waals surface area contributed by atoms with Gasteiger partial charge in [0.2, 0.25) is 0 Å². The predicted octanol–water partition coefficient (Wildman–Crippen LogP) is 3.01. The Balaban J connectivity index is 1.98. The summed E-state index contributed by atoms with van der Waals surface area (Å²) in [7, 11) is 1.45. The van der Waals surface area contributed by atoms with E-state index in [0.29, 0.717) is 11.4 Å². The summed E-state index contributed by atoms with van der Waals surface area (Å²) in [5, 5.41) is 4.61. The number of urea groups is 1. The van der Waals surface area contributed by atoms with Crippen LogP contribution in [0.3, 0.4) is 0 Å². The van der Waals surface area contributed by atoms with Crippen molar-refractivity contribution in [2.24, 2.45) is 0 Å². The Morgan fingerprint density at radius 3 is 2.54 bits per heavy atom. The third kappa shape index (κ3) is 4.78. The molecule has 0 aliphatic carbocycles. The number of carbonyl (C=O) groups excluding carboxylic acids is 1. The Morgan fingerprint density at radius 2 is 1.92 bits per heavy atom. The lowest BCUT2D eigenvalue weighted by molar-refractivity contribution is -0.136. The Hall–Kier alpha value is -2.97. The van der Waals surface area contributed by atoms with Crippen LogP contribution in [0.25, 0.3) is 0 Å². The van der Waals surface area contributed by atoms with Gasteiger partial charge in [-0.2, -0.15) is 13.2 Å². The van der Waals surface area contributed by atoms with Gasteiger partial charge in [-0.25, -0.2) is 4.79 Å². The molecule has 1 aromatic heterocycles. The molecule has 0 bridgehead atoms. The summed E-state index contributed by atoms with van der Waals surface area (Å²) >= 11 is 0. The third-order valence-corrected chi connectivity index (χ3v) is 3.65. The van der Waals surface area contributed by atoms with Crippen LogP contribution in [0.4, 0.5) is 23.7 Å². The fraction of sp³-hybridized carbons (Fsp3) is 0.294. The number of aryl methyl sites for hydroxylation is 1. The third-order valence-electron chi connectivity index (χ3n) is 3.65. The molecule has 2 rings (SSSR count). The molecule has 9 heteroatoms. The van der Waals surface area contributed by atoms with Gasteiger partial charge in [0.05, 0.1) is 18.4 Å². The first-order valence-corrected chi connectivity index (χ1v) is 7.69. The fourth-order valence-corrected chi connectivity index (χ4v) is 2.39. The largest absolute Gasteiger partial charge is 0.496 e. The van der Waals surface area contributed by atoms with Crippen molar-refractivity contribution in [3.8, 4) is 5.75 Å². The van der Waals surface area contributed by atoms with Gasteiger partial charge in [-0.15, -0.1) is 0 Å². The van der Waals surface area contributed by atoms with Gasteiger partial charge in [-0.1, -0.05) is 12.1 Å². The average molecular weight is 369 g/mol. The average Bonchev–Trinajstić information content (AvgIpc) is 2.56. The van der Waals surface area contributed by atoms with Crippen LogP contribution in [-0.2, 0) is 12.7 Å². The fourth-order valence-electron chi connectivity index (χ4n) is 2.39. The van der Waals surface area contributed by atoms with Crippen molar-refractivity contribution in [2.75, 3.05) is 19.0 Å². The summed E-state index contributed by atoms with van der Waals surface area (Å²) in [5.41, 5.74) is -0.932. The molecule has 0 unspecified atom stereocenters. The zero-order valence-electron chi connectivity index (χ0n) is 14.2. The summed E-state index contributed by atoms with van der Waals surface area (Å²) in [6.45, 7) is 1.94. The normalized spacial score (nSPS) is 11.1. The Morgan fingerprint density at radius 1 is 1.23 bits per heavy atom. The van der Waals surface area contributed by atoms with E-state index >= 15 is 0 Å². The molecule has 0 radical (unpaired) electrons. The summed E-state index contributed by atoms with van der Waals surface area (Å²) < 4.78 is 45.1. The van der Waals surface area contributed by atoms with E-state index in [1.807, 2.05) is 0 Å². The van der Waals surface area contributed by atoms with Crippen LogP contribution in [0, 0.1) is 6.92 Å². The first kappa shape index (κ1) is 19.4. The summed E-state index contributed by atoms with van der Waals surface area (Å²) in [4.78, 5) is 23.8. The second-order valence-electron chi connectivity index (χ2n) is 5.45. The molecular weight excluding hydrogens is 351 g/mol. The number of methoxy groups -OCH3 is 1.